The van der Waals surface area contributed by atoms with E-state index in [1.165, 1.54) is 0 Å². The highest BCUT2D eigenvalue weighted by Gasteiger charge is 2.03. The van der Waals surface area contributed by atoms with Gasteiger partial charge in [0.05, 0.1) is 6.26 Å². The molecule has 1 aromatic carbocycles. The van der Waals surface area contributed by atoms with Crippen molar-refractivity contribution >= 4 is 15.7 Å². The van der Waals surface area contributed by atoms with Crippen molar-refractivity contribution in [2.45, 2.75) is 13.3 Å². The second-order valence-electron chi connectivity index (χ2n) is 4.36. The van der Waals surface area contributed by atoms with Crippen molar-refractivity contribution in [3.63, 3.8) is 0 Å². The summed E-state index contributed by atoms with van der Waals surface area (Å²) < 4.78 is 30.1. The van der Waals surface area contributed by atoms with E-state index in [9.17, 15) is 8.42 Å². The van der Waals surface area contributed by atoms with Gasteiger partial charge in [0.1, 0.15) is 5.75 Å². The van der Waals surface area contributed by atoms with Gasteiger partial charge in [0, 0.05) is 18.0 Å². The van der Waals surface area contributed by atoms with Crippen LogP contribution < -0.4 is 9.46 Å². The van der Waals surface area contributed by atoms with Crippen LogP contribution in [0.25, 0.3) is 0 Å². The van der Waals surface area contributed by atoms with Gasteiger partial charge in [-0.1, -0.05) is 13.0 Å². The number of rotatable bonds is 5. The average molecular weight is 292 g/mol. The second kappa shape index (κ2) is 5.92. The first kappa shape index (κ1) is 14.3. The molecule has 0 aliphatic rings. The molecular formula is C14H16N2O3S. The molecule has 2 rings (SSSR count). The maximum absolute atomic E-state index is 11.1. The predicted octanol–water partition coefficient (Wildman–Crippen LogP) is 2.81. The Morgan fingerprint density at radius 3 is 2.35 bits per heavy atom. The van der Waals surface area contributed by atoms with Gasteiger partial charge in [0.15, 0.2) is 0 Å². The Kier molecular flexibility index (Phi) is 4.24. The molecule has 0 aliphatic heterocycles. The number of pyridine rings is 1. The normalized spacial score (nSPS) is 11.1. The van der Waals surface area contributed by atoms with Gasteiger partial charge < -0.3 is 4.74 Å². The van der Waals surface area contributed by atoms with Crippen molar-refractivity contribution in [2.24, 2.45) is 0 Å². The molecule has 0 saturated heterocycles. The van der Waals surface area contributed by atoms with Gasteiger partial charge in [0.25, 0.3) is 0 Å². The summed E-state index contributed by atoms with van der Waals surface area (Å²) in [6.45, 7) is 2.06. The number of nitrogens with one attached hydrogen (secondary N) is 1. The standard InChI is InChI=1S/C14H16N2O3S/c1-3-11-4-9-14(15-10-11)19-13-7-5-12(6-8-13)16-20(2,17)18/h4-10,16H,3H2,1-2H3. The van der Waals surface area contributed by atoms with Crippen LogP contribution in [0.3, 0.4) is 0 Å². The summed E-state index contributed by atoms with van der Waals surface area (Å²) in [6, 6.07) is 10.4. The molecule has 106 valence electrons. The smallest absolute Gasteiger partial charge is 0.229 e. The van der Waals surface area contributed by atoms with Crippen LogP contribution in [0, 0.1) is 0 Å². The highest BCUT2D eigenvalue weighted by molar-refractivity contribution is 7.92. The van der Waals surface area contributed by atoms with Gasteiger partial charge in [-0.25, -0.2) is 13.4 Å². The van der Waals surface area contributed by atoms with Gasteiger partial charge in [-0.2, -0.15) is 0 Å². The van der Waals surface area contributed by atoms with E-state index < -0.39 is 10.0 Å². The number of hydrogen-bond acceptors (Lipinski definition) is 4. The molecule has 1 N–H and O–H groups in total. The molecule has 6 heteroatoms. The third-order valence-corrected chi connectivity index (χ3v) is 3.19. The van der Waals surface area contributed by atoms with E-state index in [-0.39, 0.29) is 0 Å². The van der Waals surface area contributed by atoms with E-state index in [0.29, 0.717) is 17.3 Å². The first-order valence-corrected chi connectivity index (χ1v) is 8.06. The zero-order chi connectivity index (χ0) is 14.6. The highest BCUT2D eigenvalue weighted by Crippen LogP contribution is 2.21. The summed E-state index contributed by atoms with van der Waals surface area (Å²) in [5.74, 6) is 1.10. The Hall–Kier alpha value is -2.08. The first-order valence-electron chi connectivity index (χ1n) is 6.17. The monoisotopic (exact) mass is 292 g/mol. The van der Waals surface area contributed by atoms with Crippen LogP contribution in [0.15, 0.2) is 42.6 Å². The number of benzene rings is 1. The predicted molar refractivity (Wildman–Crippen MR) is 78.6 cm³/mol. The van der Waals surface area contributed by atoms with Crippen molar-refractivity contribution in [2.75, 3.05) is 11.0 Å². The molecule has 20 heavy (non-hydrogen) atoms. The number of anilines is 1. The van der Waals surface area contributed by atoms with Gasteiger partial charge >= 0.3 is 0 Å². The molecule has 5 nitrogen and oxygen atoms in total. The minimum absolute atomic E-state index is 0.495. The largest absolute Gasteiger partial charge is 0.439 e. The fourth-order valence-corrected chi connectivity index (χ4v) is 2.17. The Labute approximate surface area is 118 Å². The molecule has 2 aromatic rings. The van der Waals surface area contributed by atoms with E-state index >= 15 is 0 Å². The Morgan fingerprint density at radius 2 is 1.85 bits per heavy atom. The second-order valence-corrected chi connectivity index (χ2v) is 6.11. The van der Waals surface area contributed by atoms with Crippen molar-refractivity contribution in [3.8, 4) is 11.6 Å². The van der Waals surface area contributed by atoms with Gasteiger partial charge in [-0.3, -0.25) is 4.72 Å². The first-order chi connectivity index (χ1) is 9.46. The summed E-state index contributed by atoms with van der Waals surface area (Å²) in [6.07, 6.45) is 3.81. The zero-order valence-corrected chi connectivity index (χ0v) is 12.1. The lowest BCUT2D eigenvalue weighted by Crippen LogP contribution is -2.09. The number of nitrogens with zero attached hydrogens (tertiary/aromatic N) is 1. The van der Waals surface area contributed by atoms with Crippen LogP contribution in [0.2, 0.25) is 0 Å². The maximum atomic E-state index is 11.1. The van der Waals surface area contributed by atoms with Crippen molar-refractivity contribution in [3.05, 3.63) is 48.2 Å². The molecular weight excluding hydrogens is 276 g/mol. The lowest BCUT2D eigenvalue weighted by molar-refractivity contribution is 0.462. The number of ether oxygens (including phenoxy) is 1. The molecule has 0 aliphatic carbocycles. The summed E-state index contributed by atoms with van der Waals surface area (Å²) in [4.78, 5) is 4.19. The van der Waals surface area contributed by atoms with Gasteiger partial charge in [-0.05, 0) is 36.2 Å². The maximum Gasteiger partial charge on any atom is 0.229 e. The Bertz CT molecular complexity index is 665. The topological polar surface area (TPSA) is 68.3 Å². The van der Waals surface area contributed by atoms with Crippen LogP contribution in [-0.2, 0) is 16.4 Å². The minimum atomic E-state index is -3.26. The number of aryl methyl sites for hydroxylation is 1. The highest BCUT2D eigenvalue weighted by atomic mass is 32.2. The minimum Gasteiger partial charge on any atom is -0.439 e. The van der Waals surface area contributed by atoms with E-state index in [2.05, 4.69) is 16.6 Å². The fourth-order valence-electron chi connectivity index (χ4n) is 1.61. The molecule has 0 saturated carbocycles. The zero-order valence-electron chi connectivity index (χ0n) is 11.3. The summed E-state index contributed by atoms with van der Waals surface area (Å²) in [5.41, 5.74) is 1.64. The third kappa shape index (κ3) is 4.24. The Balaban J connectivity index is 2.06. The number of hydrogen-bond donors (Lipinski definition) is 1. The summed E-state index contributed by atoms with van der Waals surface area (Å²) in [7, 11) is -3.26. The quantitative estimate of drug-likeness (QED) is 0.920. The molecule has 0 amide bonds. The summed E-state index contributed by atoms with van der Waals surface area (Å²) >= 11 is 0. The molecule has 0 bridgehead atoms. The van der Waals surface area contributed by atoms with Crippen LogP contribution >= 0.6 is 0 Å². The van der Waals surface area contributed by atoms with E-state index in [0.717, 1.165) is 18.2 Å². The molecule has 0 spiro atoms. The Morgan fingerprint density at radius 1 is 1.15 bits per heavy atom. The average Bonchev–Trinajstić information content (AvgIpc) is 2.40. The van der Waals surface area contributed by atoms with Gasteiger partial charge in [0.2, 0.25) is 15.9 Å². The van der Waals surface area contributed by atoms with Crippen LogP contribution in [0.4, 0.5) is 5.69 Å². The van der Waals surface area contributed by atoms with E-state index in [1.807, 2.05) is 12.1 Å². The molecule has 0 fully saturated rings. The van der Waals surface area contributed by atoms with Crippen molar-refractivity contribution in [1.82, 2.24) is 4.98 Å². The molecule has 1 aromatic heterocycles. The number of aromatic nitrogens is 1. The molecule has 0 atom stereocenters. The van der Waals surface area contributed by atoms with E-state index in [1.54, 1.807) is 30.5 Å². The van der Waals surface area contributed by atoms with Crippen molar-refractivity contribution in [1.29, 1.82) is 0 Å². The van der Waals surface area contributed by atoms with Crippen LogP contribution in [-0.4, -0.2) is 19.7 Å². The summed E-state index contributed by atoms with van der Waals surface area (Å²) in [5, 5.41) is 0. The molecule has 1 heterocycles. The van der Waals surface area contributed by atoms with Crippen LogP contribution in [0.5, 0.6) is 11.6 Å². The van der Waals surface area contributed by atoms with Crippen molar-refractivity contribution < 1.29 is 13.2 Å². The molecule has 0 radical (unpaired) electrons. The SMILES string of the molecule is CCc1ccc(Oc2ccc(NS(C)(=O)=O)cc2)nc1. The fraction of sp³-hybridized carbons (Fsp3) is 0.214. The number of sulfonamides is 1. The lowest BCUT2D eigenvalue weighted by atomic mass is 10.2. The molecule has 0 unspecified atom stereocenters. The third-order valence-electron chi connectivity index (χ3n) is 2.59. The van der Waals surface area contributed by atoms with E-state index in [4.69, 9.17) is 4.74 Å². The lowest BCUT2D eigenvalue weighted by Gasteiger charge is -2.07. The van der Waals surface area contributed by atoms with Crippen LogP contribution in [0.1, 0.15) is 12.5 Å². The van der Waals surface area contributed by atoms with Gasteiger partial charge in [-0.15, -0.1) is 0 Å².